The van der Waals surface area contributed by atoms with E-state index in [1.807, 2.05) is 24.3 Å². The third-order valence-electron chi connectivity index (χ3n) is 5.12. The van der Waals surface area contributed by atoms with Crippen LogP contribution in [0.3, 0.4) is 0 Å². The largest absolute Gasteiger partial charge is 0.489 e. The minimum Gasteiger partial charge on any atom is -0.489 e. The maximum absolute atomic E-state index is 13.5. The van der Waals surface area contributed by atoms with Crippen LogP contribution in [0.2, 0.25) is 0 Å². The maximum atomic E-state index is 13.5. The zero-order valence-corrected chi connectivity index (χ0v) is 16.7. The van der Waals surface area contributed by atoms with Gasteiger partial charge in [-0.15, -0.1) is 0 Å². The number of benzene rings is 4. The molecule has 0 fully saturated rings. The highest BCUT2D eigenvalue weighted by molar-refractivity contribution is 5.88. The van der Waals surface area contributed by atoms with Gasteiger partial charge in [-0.2, -0.15) is 0 Å². The predicted octanol–water partition coefficient (Wildman–Crippen LogP) is 6.79. The fourth-order valence-corrected chi connectivity index (χ4v) is 3.62. The van der Waals surface area contributed by atoms with Gasteiger partial charge in [0.15, 0.2) is 0 Å². The Labute approximate surface area is 171 Å². The SMILES string of the molecule is Cc1ccc(NCc2c(OCc3cccc(F)c3)ccc3ccccc23)c(C)c1. The molecule has 0 aliphatic heterocycles. The van der Waals surface area contributed by atoms with Crippen molar-refractivity contribution >= 4 is 16.5 Å². The molecule has 0 saturated carbocycles. The second kappa shape index (κ2) is 8.36. The van der Waals surface area contributed by atoms with Gasteiger partial charge >= 0.3 is 0 Å². The molecule has 0 amide bonds. The highest BCUT2D eigenvalue weighted by atomic mass is 19.1. The van der Waals surface area contributed by atoms with Crippen LogP contribution in [0.1, 0.15) is 22.3 Å². The van der Waals surface area contributed by atoms with E-state index in [4.69, 9.17) is 4.74 Å². The molecule has 0 heterocycles. The van der Waals surface area contributed by atoms with Gasteiger partial charge in [0.25, 0.3) is 0 Å². The Kier molecular flexibility index (Phi) is 5.48. The summed E-state index contributed by atoms with van der Waals surface area (Å²) in [7, 11) is 0. The second-order valence-corrected chi connectivity index (χ2v) is 7.35. The Morgan fingerprint density at radius 1 is 0.862 bits per heavy atom. The Morgan fingerprint density at radius 2 is 1.72 bits per heavy atom. The zero-order valence-electron chi connectivity index (χ0n) is 16.7. The molecule has 3 heteroatoms. The molecule has 4 aromatic rings. The van der Waals surface area contributed by atoms with E-state index in [0.29, 0.717) is 13.2 Å². The van der Waals surface area contributed by atoms with Crippen LogP contribution >= 0.6 is 0 Å². The summed E-state index contributed by atoms with van der Waals surface area (Å²) in [5.41, 5.74) is 5.48. The van der Waals surface area contributed by atoms with E-state index in [1.54, 1.807) is 6.07 Å². The van der Waals surface area contributed by atoms with Crippen LogP contribution in [0.15, 0.2) is 78.9 Å². The van der Waals surface area contributed by atoms with E-state index in [9.17, 15) is 4.39 Å². The van der Waals surface area contributed by atoms with Gasteiger partial charge in [0.05, 0.1) is 0 Å². The molecule has 0 aliphatic carbocycles. The van der Waals surface area contributed by atoms with Gasteiger partial charge in [-0.1, -0.05) is 60.2 Å². The molecule has 1 N–H and O–H groups in total. The lowest BCUT2D eigenvalue weighted by Gasteiger charge is -2.17. The molecule has 0 aromatic heterocycles. The molecule has 0 spiro atoms. The summed E-state index contributed by atoms with van der Waals surface area (Å²) in [6.45, 7) is 5.18. The van der Waals surface area contributed by atoms with E-state index in [1.165, 1.54) is 28.6 Å². The maximum Gasteiger partial charge on any atom is 0.125 e. The first kappa shape index (κ1) is 19.0. The molecule has 146 valence electrons. The van der Waals surface area contributed by atoms with Crippen molar-refractivity contribution < 1.29 is 9.13 Å². The number of fused-ring (bicyclic) bond motifs is 1. The summed E-state index contributed by atoms with van der Waals surface area (Å²) < 4.78 is 19.6. The van der Waals surface area contributed by atoms with Crippen LogP contribution in [0, 0.1) is 19.7 Å². The number of halogens is 1. The second-order valence-electron chi connectivity index (χ2n) is 7.35. The highest BCUT2D eigenvalue weighted by Gasteiger charge is 2.10. The Balaban J connectivity index is 1.63. The summed E-state index contributed by atoms with van der Waals surface area (Å²) in [5, 5.41) is 5.88. The normalized spacial score (nSPS) is 10.9. The van der Waals surface area contributed by atoms with Gasteiger partial charge in [0.1, 0.15) is 18.2 Å². The van der Waals surface area contributed by atoms with E-state index in [2.05, 4.69) is 55.6 Å². The standard InChI is InChI=1S/C26H24FNO/c1-18-10-12-25(19(2)14-18)28-16-24-23-9-4-3-7-21(23)11-13-26(24)29-17-20-6-5-8-22(27)15-20/h3-15,28H,16-17H2,1-2H3. The molecule has 0 bridgehead atoms. The summed E-state index contributed by atoms with van der Waals surface area (Å²) in [5.74, 6) is 0.562. The van der Waals surface area contributed by atoms with Crippen LogP contribution < -0.4 is 10.1 Å². The van der Waals surface area contributed by atoms with Gasteiger partial charge in [0.2, 0.25) is 0 Å². The number of ether oxygens (including phenoxy) is 1. The van der Waals surface area contributed by atoms with Crippen molar-refractivity contribution in [2.45, 2.75) is 27.0 Å². The van der Waals surface area contributed by atoms with Crippen LogP contribution in [0.5, 0.6) is 5.75 Å². The minimum absolute atomic E-state index is 0.249. The molecule has 4 aromatic carbocycles. The van der Waals surface area contributed by atoms with Crippen molar-refractivity contribution in [3.8, 4) is 5.75 Å². The predicted molar refractivity (Wildman–Crippen MR) is 118 cm³/mol. The van der Waals surface area contributed by atoms with Crippen molar-refractivity contribution in [1.29, 1.82) is 0 Å². The van der Waals surface area contributed by atoms with Gasteiger partial charge in [-0.3, -0.25) is 0 Å². The van der Waals surface area contributed by atoms with Crippen molar-refractivity contribution in [2.75, 3.05) is 5.32 Å². The number of hydrogen-bond acceptors (Lipinski definition) is 2. The van der Waals surface area contributed by atoms with Crippen LogP contribution in [0.25, 0.3) is 10.8 Å². The molecule has 0 saturated heterocycles. The number of hydrogen-bond donors (Lipinski definition) is 1. The molecule has 0 unspecified atom stereocenters. The molecule has 29 heavy (non-hydrogen) atoms. The topological polar surface area (TPSA) is 21.3 Å². The first-order valence-electron chi connectivity index (χ1n) is 9.79. The van der Waals surface area contributed by atoms with Crippen molar-refractivity contribution in [2.24, 2.45) is 0 Å². The lowest BCUT2D eigenvalue weighted by atomic mass is 10.0. The third kappa shape index (κ3) is 4.40. The average Bonchev–Trinajstić information content (AvgIpc) is 2.72. The fraction of sp³-hybridized carbons (Fsp3) is 0.154. The highest BCUT2D eigenvalue weighted by Crippen LogP contribution is 2.30. The number of nitrogens with one attached hydrogen (secondary N) is 1. The lowest BCUT2D eigenvalue weighted by Crippen LogP contribution is -2.05. The Bertz CT molecular complexity index is 1150. The van der Waals surface area contributed by atoms with Crippen LogP contribution in [-0.2, 0) is 13.2 Å². The number of rotatable bonds is 6. The molecule has 0 atom stereocenters. The fourth-order valence-electron chi connectivity index (χ4n) is 3.62. The number of aryl methyl sites for hydroxylation is 2. The molecule has 0 radical (unpaired) electrons. The first-order chi connectivity index (χ1) is 14.1. The summed E-state index contributed by atoms with van der Waals surface area (Å²) >= 11 is 0. The van der Waals surface area contributed by atoms with E-state index < -0.39 is 0 Å². The van der Waals surface area contributed by atoms with Gasteiger partial charge in [-0.25, -0.2) is 4.39 Å². The van der Waals surface area contributed by atoms with Crippen LogP contribution in [-0.4, -0.2) is 0 Å². The molecular formula is C26H24FNO. The van der Waals surface area contributed by atoms with Gasteiger partial charge in [0, 0.05) is 17.8 Å². The van der Waals surface area contributed by atoms with E-state index >= 15 is 0 Å². The molecular weight excluding hydrogens is 361 g/mol. The average molecular weight is 385 g/mol. The summed E-state index contributed by atoms with van der Waals surface area (Å²) in [6, 6.07) is 25.3. The Morgan fingerprint density at radius 3 is 2.55 bits per heavy atom. The lowest BCUT2D eigenvalue weighted by molar-refractivity contribution is 0.303. The zero-order chi connectivity index (χ0) is 20.2. The molecule has 0 aliphatic rings. The van der Waals surface area contributed by atoms with E-state index in [0.717, 1.165) is 28.0 Å². The smallest absolute Gasteiger partial charge is 0.125 e. The van der Waals surface area contributed by atoms with E-state index in [-0.39, 0.29) is 5.82 Å². The van der Waals surface area contributed by atoms with Gasteiger partial charge < -0.3 is 10.1 Å². The van der Waals surface area contributed by atoms with Crippen molar-refractivity contribution in [3.63, 3.8) is 0 Å². The molecule has 2 nitrogen and oxygen atoms in total. The first-order valence-corrected chi connectivity index (χ1v) is 9.79. The third-order valence-corrected chi connectivity index (χ3v) is 5.12. The summed E-state index contributed by atoms with van der Waals surface area (Å²) in [6.07, 6.45) is 0. The summed E-state index contributed by atoms with van der Waals surface area (Å²) in [4.78, 5) is 0. The van der Waals surface area contributed by atoms with Gasteiger partial charge in [-0.05, 0) is 60.0 Å². The minimum atomic E-state index is -0.249. The molecule has 4 rings (SSSR count). The van der Waals surface area contributed by atoms with Crippen LogP contribution in [0.4, 0.5) is 10.1 Å². The quantitative estimate of drug-likeness (QED) is 0.395. The Hall–Kier alpha value is -3.33. The monoisotopic (exact) mass is 385 g/mol. The van der Waals surface area contributed by atoms with Crippen molar-refractivity contribution in [1.82, 2.24) is 0 Å². The van der Waals surface area contributed by atoms with Crippen molar-refractivity contribution in [3.05, 3.63) is 107 Å². The number of anilines is 1.